The van der Waals surface area contributed by atoms with Crippen LogP contribution in [0.4, 0.5) is 5.00 Å². The van der Waals surface area contributed by atoms with Crippen LogP contribution in [0.15, 0.2) is 40.5 Å². The van der Waals surface area contributed by atoms with E-state index in [-0.39, 0.29) is 18.0 Å². The summed E-state index contributed by atoms with van der Waals surface area (Å²) in [6.07, 6.45) is 0. The van der Waals surface area contributed by atoms with Crippen LogP contribution in [0.1, 0.15) is 11.4 Å². The van der Waals surface area contributed by atoms with Crippen LogP contribution in [0.2, 0.25) is 0 Å². The lowest BCUT2D eigenvalue weighted by atomic mass is 10.2. The molecule has 0 aliphatic carbocycles. The van der Waals surface area contributed by atoms with Crippen molar-refractivity contribution in [1.82, 2.24) is 14.9 Å². The van der Waals surface area contributed by atoms with Gasteiger partial charge in [-0.1, -0.05) is 12.1 Å². The van der Waals surface area contributed by atoms with Crippen molar-refractivity contribution in [3.05, 3.63) is 57.5 Å². The molecule has 0 unspecified atom stereocenters. The number of nitrogens with one attached hydrogen (secondary N) is 2. The fraction of sp³-hybridized carbons (Fsp3) is 0.176. The summed E-state index contributed by atoms with van der Waals surface area (Å²) >= 11 is 1.30. The number of thiophene rings is 1. The molecular formula is C17H15N5O2S. The van der Waals surface area contributed by atoms with E-state index in [1.165, 1.54) is 11.3 Å². The molecule has 2 aromatic heterocycles. The number of rotatable bonds is 5. The monoisotopic (exact) mass is 353 g/mol. The van der Waals surface area contributed by atoms with Gasteiger partial charge in [-0.05, 0) is 30.6 Å². The average molecular weight is 353 g/mol. The lowest BCUT2D eigenvalue weighted by molar-refractivity contribution is -0.117. The van der Waals surface area contributed by atoms with Crippen molar-refractivity contribution < 1.29 is 4.79 Å². The first-order valence-corrected chi connectivity index (χ1v) is 8.38. The first-order valence-electron chi connectivity index (χ1n) is 7.51. The number of nitriles is 1. The van der Waals surface area contributed by atoms with Crippen molar-refractivity contribution in [2.24, 2.45) is 0 Å². The largest absolute Gasteiger partial charge is 0.315 e. The highest BCUT2D eigenvalue weighted by molar-refractivity contribution is 7.14. The maximum absolute atomic E-state index is 12.1. The van der Waals surface area contributed by atoms with E-state index >= 15 is 0 Å². The number of fused-ring (bicyclic) bond motifs is 1. The van der Waals surface area contributed by atoms with Gasteiger partial charge in [0, 0.05) is 0 Å². The van der Waals surface area contributed by atoms with Gasteiger partial charge in [-0.2, -0.15) is 5.26 Å². The maximum atomic E-state index is 12.1. The summed E-state index contributed by atoms with van der Waals surface area (Å²) in [5.41, 5.74) is 0.869. The van der Waals surface area contributed by atoms with Crippen LogP contribution >= 0.6 is 11.3 Å². The molecule has 0 spiro atoms. The summed E-state index contributed by atoms with van der Waals surface area (Å²) < 4.78 is 0. The topological polar surface area (TPSA) is 102 Å². The summed E-state index contributed by atoms with van der Waals surface area (Å²) in [4.78, 5) is 33.1. The second-order valence-electron chi connectivity index (χ2n) is 5.53. The van der Waals surface area contributed by atoms with E-state index < -0.39 is 0 Å². The predicted octanol–water partition coefficient (Wildman–Crippen LogP) is 1.93. The van der Waals surface area contributed by atoms with Crippen molar-refractivity contribution in [3.8, 4) is 6.07 Å². The van der Waals surface area contributed by atoms with Crippen molar-refractivity contribution >= 4 is 33.1 Å². The fourth-order valence-corrected chi connectivity index (χ4v) is 3.18. The van der Waals surface area contributed by atoms with E-state index in [1.807, 2.05) is 12.1 Å². The molecule has 3 aromatic rings. The average Bonchev–Trinajstić information content (AvgIpc) is 3.01. The van der Waals surface area contributed by atoms with Gasteiger partial charge >= 0.3 is 0 Å². The molecule has 2 N–H and O–H groups in total. The van der Waals surface area contributed by atoms with Crippen LogP contribution in [0.3, 0.4) is 0 Å². The molecule has 0 fully saturated rings. The van der Waals surface area contributed by atoms with E-state index in [4.69, 9.17) is 5.26 Å². The Hall–Kier alpha value is -3.02. The maximum Gasteiger partial charge on any atom is 0.258 e. The Kier molecular flexibility index (Phi) is 4.88. The van der Waals surface area contributed by atoms with Crippen LogP contribution in [-0.4, -0.2) is 34.4 Å². The smallest absolute Gasteiger partial charge is 0.258 e. The number of hydrogen-bond donors (Lipinski definition) is 2. The number of benzene rings is 1. The van der Waals surface area contributed by atoms with Gasteiger partial charge in [-0.3, -0.25) is 14.5 Å². The van der Waals surface area contributed by atoms with Crippen LogP contribution in [0, 0.1) is 11.3 Å². The van der Waals surface area contributed by atoms with E-state index in [9.17, 15) is 9.59 Å². The molecule has 0 bridgehead atoms. The third kappa shape index (κ3) is 3.91. The molecule has 1 aromatic carbocycles. The third-order valence-corrected chi connectivity index (χ3v) is 4.36. The Morgan fingerprint density at radius 3 is 3.00 bits per heavy atom. The lowest BCUT2D eigenvalue weighted by Crippen LogP contribution is -2.31. The molecule has 0 saturated heterocycles. The van der Waals surface area contributed by atoms with Crippen molar-refractivity contribution in [3.63, 3.8) is 0 Å². The van der Waals surface area contributed by atoms with E-state index in [0.717, 1.165) is 0 Å². The highest BCUT2D eigenvalue weighted by Gasteiger charge is 2.12. The molecule has 25 heavy (non-hydrogen) atoms. The fourth-order valence-electron chi connectivity index (χ4n) is 2.43. The number of aromatic nitrogens is 2. The van der Waals surface area contributed by atoms with Gasteiger partial charge in [0.1, 0.15) is 16.9 Å². The zero-order valence-electron chi connectivity index (χ0n) is 13.4. The molecule has 0 atom stereocenters. The molecule has 0 aliphatic rings. The predicted molar refractivity (Wildman–Crippen MR) is 96.4 cm³/mol. The summed E-state index contributed by atoms with van der Waals surface area (Å²) in [6, 6.07) is 10.8. The Labute approximate surface area is 147 Å². The Morgan fingerprint density at radius 1 is 1.40 bits per heavy atom. The number of carbonyl (C=O) groups is 1. The number of para-hydroxylation sites is 1. The van der Waals surface area contributed by atoms with Crippen molar-refractivity contribution in [2.75, 3.05) is 18.9 Å². The van der Waals surface area contributed by atoms with Gasteiger partial charge in [0.05, 0.1) is 29.6 Å². The number of hydrogen-bond acceptors (Lipinski definition) is 6. The zero-order chi connectivity index (χ0) is 17.8. The Bertz CT molecular complexity index is 1020. The van der Waals surface area contributed by atoms with Crippen LogP contribution in [0.25, 0.3) is 10.9 Å². The minimum atomic E-state index is -0.232. The first kappa shape index (κ1) is 16.8. The summed E-state index contributed by atoms with van der Waals surface area (Å²) in [5.74, 6) is 0.262. The van der Waals surface area contributed by atoms with E-state index in [0.29, 0.717) is 33.8 Å². The van der Waals surface area contributed by atoms with Gasteiger partial charge < -0.3 is 10.3 Å². The lowest BCUT2D eigenvalue weighted by Gasteiger charge is -2.15. The minimum absolute atomic E-state index is 0.110. The number of aromatic amines is 1. The molecule has 126 valence electrons. The molecule has 0 saturated carbocycles. The number of nitrogens with zero attached hydrogens (tertiary/aromatic N) is 3. The summed E-state index contributed by atoms with van der Waals surface area (Å²) in [6.45, 7) is 0.433. The molecular weight excluding hydrogens is 338 g/mol. The van der Waals surface area contributed by atoms with Crippen molar-refractivity contribution in [2.45, 2.75) is 6.54 Å². The van der Waals surface area contributed by atoms with Crippen LogP contribution in [0.5, 0.6) is 0 Å². The number of likely N-dealkylation sites (N-methyl/N-ethyl adjacent to an activating group) is 1. The third-order valence-electron chi connectivity index (χ3n) is 3.53. The molecule has 0 radical (unpaired) electrons. The second-order valence-corrected chi connectivity index (χ2v) is 6.44. The molecule has 1 amide bonds. The standard InChI is InChI=1S/C17H15N5O2S/c1-22(10-15(23)21-17-11(8-18)6-7-25-17)9-14-19-13-5-3-2-4-12(13)16(24)20-14/h2-7H,9-10H2,1H3,(H,21,23)(H,19,20,24). The highest BCUT2D eigenvalue weighted by atomic mass is 32.1. The number of amides is 1. The Balaban J connectivity index is 1.66. The number of H-pyrrole nitrogens is 1. The van der Waals surface area contributed by atoms with Crippen LogP contribution in [-0.2, 0) is 11.3 Å². The van der Waals surface area contributed by atoms with Gasteiger partial charge in [0.15, 0.2) is 0 Å². The second kappa shape index (κ2) is 7.25. The molecule has 8 heteroatoms. The minimum Gasteiger partial charge on any atom is -0.315 e. The van der Waals surface area contributed by atoms with Gasteiger partial charge in [0.25, 0.3) is 5.56 Å². The first-order chi connectivity index (χ1) is 12.1. The molecule has 2 heterocycles. The van der Waals surface area contributed by atoms with Gasteiger partial charge in [-0.25, -0.2) is 4.98 Å². The van der Waals surface area contributed by atoms with Crippen LogP contribution < -0.4 is 10.9 Å². The SMILES string of the molecule is CN(CC(=O)Nc1sccc1C#N)Cc1nc2ccccc2c(=O)[nH]1. The van der Waals surface area contributed by atoms with Crippen molar-refractivity contribution in [1.29, 1.82) is 5.26 Å². The van der Waals surface area contributed by atoms with Gasteiger partial charge in [0.2, 0.25) is 5.91 Å². The molecule has 0 aliphatic heterocycles. The summed E-state index contributed by atoms with van der Waals surface area (Å²) in [5, 5.41) is 14.5. The van der Waals surface area contributed by atoms with Gasteiger partial charge in [-0.15, -0.1) is 11.3 Å². The zero-order valence-corrected chi connectivity index (χ0v) is 14.3. The van der Waals surface area contributed by atoms with E-state index in [2.05, 4.69) is 15.3 Å². The number of anilines is 1. The highest BCUT2D eigenvalue weighted by Crippen LogP contribution is 2.21. The van der Waals surface area contributed by atoms with E-state index in [1.54, 1.807) is 41.6 Å². The molecule has 3 rings (SSSR count). The quantitative estimate of drug-likeness (QED) is 0.730. The molecule has 7 nitrogen and oxygen atoms in total. The number of carbonyl (C=O) groups excluding carboxylic acids is 1. The normalized spacial score (nSPS) is 10.8. The summed E-state index contributed by atoms with van der Waals surface area (Å²) in [7, 11) is 1.76. The Morgan fingerprint density at radius 2 is 2.20 bits per heavy atom.